The largest absolute Gasteiger partial charge is 0.340 e. The van der Waals surface area contributed by atoms with E-state index in [1.165, 1.54) is 6.42 Å². The molecule has 0 amide bonds. The number of hydrogen-bond donors (Lipinski definition) is 1. The van der Waals surface area contributed by atoms with Gasteiger partial charge in [-0.25, -0.2) is 5.10 Å². The number of aromatic nitrogens is 3. The number of benzene rings is 1. The second kappa shape index (κ2) is 5.40. The minimum absolute atomic E-state index is 0.652. The molecule has 2 aromatic rings. The summed E-state index contributed by atoms with van der Waals surface area (Å²) in [6.07, 6.45) is 1.23. The van der Waals surface area contributed by atoms with Crippen LogP contribution in [0.4, 0.5) is 5.95 Å². The highest BCUT2D eigenvalue weighted by molar-refractivity contribution is 7.71. The van der Waals surface area contributed by atoms with Crippen molar-refractivity contribution in [3.05, 3.63) is 35.1 Å². The highest BCUT2D eigenvalue weighted by Crippen LogP contribution is 2.28. The minimum Gasteiger partial charge on any atom is -0.340 e. The summed E-state index contributed by atoms with van der Waals surface area (Å²) in [5.74, 6) is 2.39. The predicted octanol–water partition coefficient (Wildman–Crippen LogP) is 3.41. The van der Waals surface area contributed by atoms with E-state index in [0.717, 1.165) is 30.6 Å². The van der Waals surface area contributed by atoms with Gasteiger partial charge in [0.15, 0.2) is 0 Å². The van der Waals surface area contributed by atoms with Crippen molar-refractivity contribution in [2.24, 2.45) is 11.8 Å². The number of anilines is 1. The van der Waals surface area contributed by atoms with Crippen LogP contribution in [0.25, 0.3) is 5.69 Å². The van der Waals surface area contributed by atoms with Gasteiger partial charge in [0.1, 0.15) is 0 Å². The molecule has 5 heteroatoms. The quantitative estimate of drug-likeness (QED) is 0.879. The summed E-state index contributed by atoms with van der Waals surface area (Å²) in [5, 5.41) is 7.37. The van der Waals surface area contributed by atoms with Crippen molar-refractivity contribution in [2.75, 3.05) is 18.0 Å². The number of para-hydroxylation sites is 1. The smallest absolute Gasteiger partial charge is 0.230 e. The fourth-order valence-corrected chi connectivity index (χ4v) is 3.06. The summed E-state index contributed by atoms with van der Waals surface area (Å²) < 4.78 is 2.68. The van der Waals surface area contributed by atoms with Gasteiger partial charge in [-0.15, -0.1) is 5.10 Å². The Balaban J connectivity index is 1.95. The Bertz CT molecular complexity index is 629. The Morgan fingerprint density at radius 3 is 2.70 bits per heavy atom. The van der Waals surface area contributed by atoms with Crippen LogP contribution < -0.4 is 4.90 Å². The maximum atomic E-state index is 5.39. The molecule has 0 bridgehead atoms. The lowest BCUT2D eigenvalue weighted by Crippen LogP contribution is -2.24. The molecule has 3 rings (SSSR count). The van der Waals surface area contributed by atoms with Gasteiger partial charge in [0.05, 0.1) is 5.69 Å². The third kappa shape index (κ3) is 2.38. The van der Waals surface area contributed by atoms with E-state index in [1.54, 1.807) is 0 Å². The molecule has 1 unspecified atom stereocenters. The minimum atomic E-state index is 0.652. The van der Waals surface area contributed by atoms with E-state index in [9.17, 15) is 0 Å². The van der Waals surface area contributed by atoms with Gasteiger partial charge in [-0.1, -0.05) is 32.0 Å². The van der Waals surface area contributed by atoms with Crippen molar-refractivity contribution >= 4 is 18.2 Å². The lowest BCUT2D eigenvalue weighted by atomic mass is 9.95. The van der Waals surface area contributed by atoms with Crippen LogP contribution in [0.15, 0.2) is 30.3 Å². The van der Waals surface area contributed by atoms with Crippen LogP contribution in [-0.2, 0) is 0 Å². The lowest BCUT2D eigenvalue weighted by Gasteiger charge is -2.19. The maximum absolute atomic E-state index is 5.39. The molecule has 0 spiro atoms. The fraction of sp³-hybridized carbons (Fsp3) is 0.467. The molecule has 2 heterocycles. The Morgan fingerprint density at radius 1 is 1.30 bits per heavy atom. The Kier molecular flexibility index (Phi) is 3.61. The molecule has 0 saturated carbocycles. The highest BCUT2D eigenvalue weighted by atomic mass is 32.1. The first-order chi connectivity index (χ1) is 9.66. The van der Waals surface area contributed by atoms with Gasteiger partial charge >= 0.3 is 0 Å². The van der Waals surface area contributed by atoms with Crippen molar-refractivity contribution in [2.45, 2.75) is 20.3 Å². The number of rotatable bonds is 3. The van der Waals surface area contributed by atoms with Crippen molar-refractivity contribution < 1.29 is 0 Å². The van der Waals surface area contributed by atoms with Gasteiger partial charge in [-0.05, 0) is 42.6 Å². The van der Waals surface area contributed by atoms with Crippen LogP contribution in [0.2, 0.25) is 0 Å². The summed E-state index contributed by atoms with van der Waals surface area (Å²) in [7, 11) is 0. The molecule has 1 atom stereocenters. The first-order valence-corrected chi connectivity index (χ1v) is 7.55. The van der Waals surface area contributed by atoms with E-state index in [2.05, 4.69) is 41.1 Å². The Morgan fingerprint density at radius 2 is 2.05 bits per heavy atom. The maximum Gasteiger partial charge on any atom is 0.230 e. The Hall–Kier alpha value is -1.62. The monoisotopic (exact) mass is 288 g/mol. The summed E-state index contributed by atoms with van der Waals surface area (Å²) >= 11 is 5.39. The molecular formula is C15H20N4S. The molecule has 0 aliphatic carbocycles. The van der Waals surface area contributed by atoms with Crippen LogP contribution >= 0.6 is 12.2 Å². The zero-order valence-corrected chi connectivity index (χ0v) is 12.7. The van der Waals surface area contributed by atoms with Crippen LogP contribution in [0.5, 0.6) is 0 Å². The van der Waals surface area contributed by atoms with Gasteiger partial charge < -0.3 is 4.90 Å². The lowest BCUT2D eigenvalue weighted by molar-refractivity contribution is 0.422. The van der Waals surface area contributed by atoms with Crippen LogP contribution in [0, 0.1) is 16.6 Å². The molecular weight excluding hydrogens is 268 g/mol. The number of aromatic amines is 1. The molecule has 1 aliphatic rings. The first-order valence-electron chi connectivity index (χ1n) is 7.14. The summed E-state index contributed by atoms with van der Waals surface area (Å²) in [6.45, 7) is 6.70. The average molecular weight is 288 g/mol. The van der Waals surface area contributed by atoms with Crippen molar-refractivity contribution in [3.8, 4) is 5.69 Å². The van der Waals surface area contributed by atoms with E-state index in [4.69, 9.17) is 12.2 Å². The number of nitrogens with one attached hydrogen (secondary N) is 1. The number of H-pyrrole nitrogens is 1. The van der Waals surface area contributed by atoms with E-state index in [0.29, 0.717) is 10.7 Å². The van der Waals surface area contributed by atoms with Gasteiger partial charge in [0, 0.05) is 13.1 Å². The third-order valence-corrected chi connectivity index (χ3v) is 4.39. The molecule has 4 nitrogen and oxygen atoms in total. The van der Waals surface area contributed by atoms with E-state index >= 15 is 0 Å². The first kappa shape index (κ1) is 13.4. The van der Waals surface area contributed by atoms with Crippen molar-refractivity contribution in [1.82, 2.24) is 14.8 Å². The van der Waals surface area contributed by atoms with Crippen LogP contribution in [0.3, 0.4) is 0 Å². The SMILES string of the molecule is CC(C)C1CCN(c2n[nH]c(=S)n2-c2ccccc2)C1. The van der Waals surface area contributed by atoms with Gasteiger partial charge in [0.2, 0.25) is 10.7 Å². The molecule has 0 radical (unpaired) electrons. The van der Waals surface area contributed by atoms with Crippen LogP contribution in [-0.4, -0.2) is 27.9 Å². The summed E-state index contributed by atoms with van der Waals surface area (Å²) in [6, 6.07) is 10.2. The normalized spacial score (nSPS) is 18.9. The molecule has 20 heavy (non-hydrogen) atoms. The zero-order valence-electron chi connectivity index (χ0n) is 11.9. The molecule has 1 N–H and O–H groups in total. The standard InChI is InChI=1S/C15H20N4S/c1-11(2)12-8-9-18(10-12)14-16-17-15(20)19(14)13-6-4-3-5-7-13/h3-7,11-12H,8-10H2,1-2H3,(H,17,20). The van der Waals surface area contributed by atoms with E-state index in [1.807, 2.05) is 22.8 Å². The summed E-state index contributed by atoms with van der Waals surface area (Å²) in [4.78, 5) is 2.34. The van der Waals surface area contributed by atoms with E-state index in [-0.39, 0.29) is 0 Å². The molecule has 1 aliphatic heterocycles. The fourth-order valence-electron chi connectivity index (χ4n) is 2.82. The summed E-state index contributed by atoms with van der Waals surface area (Å²) in [5.41, 5.74) is 1.06. The zero-order chi connectivity index (χ0) is 14.1. The van der Waals surface area contributed by atoms with Gasteiger partial charge in [-0.2, -0.15) is 0 Å². The van der Waals surface area contributed by atoms with Crippen molar-refractivity contribution in [1.29, 1.82) is 0 Å². The second-order valence-corrected chi connectivity index (χ2v) is 6.13. The topological polar surface area (TPSA) is 36.9 Å². The van der Waals surface area contributed by atoms with Crippen molar-refractivity contribution in [3.63, 3.8) is 0 Å². The molecule has 106 valence electrons. The van der Waals surface area contributed by atoms with Gasteiger partial charge in [-0.3, -0.25) is 4.57 Å². The number of hydrogen-bond acceptors (Lipinski definition) is 3. The van der Waals surface area contributed by atoms with Gasteiger partial charge in [0.25, 0.3) is 0 Å². The second-order valence-electron chi connectivity index (χ2n) is 5.74. The predicted molar refractivity (Wildman–Crippen MR) is 83.9 cm³/mol. The molecule has 1 fully saturated rings. The third-order valence-electron chi connectivity index (χ3n) is 4.12. The molecule has 1 saturated heterocycles. The average Bonchev–Trinajstić information content (AvgIpc) is 3.06. The molecule has 1 aromatic carbocycles. The highest BCUT2D eigenvalue weighted by Gasteiger charge is 2.28. The van der Waals surface area contributed by atoms with E-state index < -0.39 is 0 Å². The molecule has 1 aromatic heterocycles. The number of nitrogens with zero attached hydrogens (tertiary/aromatic N) is 3. The van der Waals surface area contributed by atoms with Crippen LogP contribution in [0.1, 0.15) is 20.3 Å². The Labute approximate surface area is 124 Å².